The molecule has 1 rings (SSSR count). The van der Waals surface area contributed by atoms with Crippen molar-refractivity contribution >= 4 is 5.91 Å². The van der Waals surface area contributed by atoms with Crippen LogP contribution in [0.3, 0.4) is 0 Å². The number of hydrogen-bond donors (Lipinski definition) is 1. The van der Waals surface area contributed by atoms with Crippen LogP contribution in [0, 0.1) is 5.92 Å². The van der Waals surface area contributed by atoms with Gasteiger partial charge in [0.25, 0.3) is 0 Å². The van der Waals surface area contributed by atoms with Crippen molar-refractivity contribution in [2.24, 2.45) is 5.92 Å². The number of aliphatic hydroxyl groups is 1. The second-order valence-electron chi connectivity index (χ2n) is 3.78. The molecule has 0 heterocycles. The van der Waals surface area contributed by atoms with Crippen molar-refractivity contribution < 1.29 is 9.90 Å². The number of carbonyl (C=O) groups is 1. The van der Waals surface area contributed by atoms with E-state index < -0.39 is 0 Å². The van der Waals surface area contributed by atoms with Crippen LogP contribution in [-0.2, 0) is 4.79 Å². The van der Waals surface area contributed by atoms with Crippen molar-refractivity contribution in [2.75, 3.05) is 19.7 Å². The Bertz CT molecular complexity index is 197. The minimum Gasteiger partial charge on any atom is -0.395 e. The van der Waals surface area contributed by atoms with E-state index in [2.05, 4.69) is 6.58 Å². The summed E-state index contributed by atoms with van der Waals surface area (Å²) >= 11 is 0. The Labute approximate surface area is 85.4 Å². The molecule has 0 saturated heterocycles. The fourth-order valence-corrected chi connectivity index (χ4v) is 2.00. The van der Waals surface area contributed by atoms with Crippen LogP contribution in [0.2, 0.25) is 0 Å². The number of nitrogens with zero attached hydrogens (tertiary/aromatic N) is 1. The molecule has 1 amide bonds. The summed E-state index contributed by atoms with van der Waals surface area (Å²) in [5, 5.41) is 8.83. The number of aliphatic hydroxyl groups excluding tert-OH is 1. The van der Waals surface area contributed by atoms with Crippen LogP contribution in [-0.4, -0.2) is 35.6 Å². The van der Waals surface area contributed by atoms with Crippen molar-refractivity contribution in [3.8, 4) is 0 Å². The first kappa shape index (κ1) is 11.2. The molecule has 0 aromatic rings. The summed E-state index contributed by atoms with van der Waals surface area (Å²) in [6, 6.07) is 0. The summed E-state index contributed by atoms with van der Waals surface area (Å²) in [6.45, 7) is 4.63. The summed E-state index contributed by atoms with van der Waals surface area (Å²) in [5.41, 5.74) is 0. The molecule has 0 aromatic heterocycles. The number of hydrogen-bond acceptors (Lipinski definition) is 2. The number of amides is 1. The molecule has 80 valence electrons. The molecule has 0 spiro atoms. The minimum absolute atomic E-state index is 0.0340. The van der Waals surface area contributed by atoms with Crippen LogP contribution in [0.4, 0.5) is 0 Å². The van der Waals surface area contributed by atoms with E-state index in [9.17, 15) is 4.79 Å². The van der Waals surface area contributed by atoms with E-state index in [1.54, 1.807) is 11.0 Å². The lowest BCUT2D eigenvalue weighted by atomic mass is 10.1. The van der Waals surface area contributed by atoms with E-state index in [-0.39, 0.29) is 18.4 Å². The van der Waals surface area contributed by atoms with Gasteiger partial charge < -0.3 is 10.0 Å². The summed E-state index contributed by atoms with van der Waals surface area (Å²) < 4.78 is 0. The van der Waals surface area contributed by atoms with E-state index in [0.29, 0.717) is 13.1 Å². The molecular weight excluding hydrogens is 178 g/mol. The SMILES string of the molecule is C=CCN(CCO)C(=O)C1CCCC1. The summed E-state index contributed by atoms with van der Waals surface area (Å²) in [4.78, 5) is 13.6. The fraction of sp³-hybridized carbons (Fsp3) is 0.727. The van der Waals surface area contributed by atoms with Gasteiger partial charge in [-0.15, -0.1) is 6.58 Å². The zero-order chi connectivity index (χ0) is 10.4. The molecule has 0 bridgehead atoms. The first-order valence-electron chi connectivity index (χ1n) is 5.30. The van der Waals surface area contributed by atoms with E-state index >= 15 is 0 Å². The Morgan fingerprint density at radius 3 is 2.64 bits per heavy atom. The molecule has 14 heavy (non-hydrogen) atoms. The van der Waals surface area contributed by atoms with Gasteiger partial charge in [-0.2, -0.15) is 0 Å². The zero-order valence-corrected chi connectivity index (χ0v) is 8.61. The van der Waals surface area contributed by atoms with Gasteiger partial charge in [0.15, 0.2) is 0 Å². The third kappa shape index (κ3) is 2.84. The van der Waals surface area contributed by atoms with Gasteiger partial charge in [0.05, 0.1) is 6.61 Å². The second kappa shape index (κ2) is 5.81. The molecule has 1 N–H and O–H groups in total. The normalized spacial score (nSPS) is 16.9. The van der Waals surface area contributed by atoms with Crippen LogP contribution in [0.1, 0.15) is 25.7 Å². The van der Waals surface area contributed by atoms with Gasteiger partial charge in [0.1, 0.15) is 0 Å². The summed E-state index contributed by atoms with van der Waals surface area (Å²) in [7, 11) is 0. The Hall–Kier alpha value is -0.830. The van der Waals surface area contributed by atoms with Gasteiger partial charge in [-0.3, -0.25) is 4.79 Å². The Kier molecular flexibility index (Phi) is 4.66. The smallest absolute Gasteiger partial charge is 0.226 e. The molecule has 3 nitrogen and oxygen atoms in total. The van der Waals surface area contributed by atoms with Crippen molar-refractivity contribution in [1.82, 2.24) is 4.90 Å². The van der Waals surface area contributed by atoms with E-state index in [0.717, 1.165) is 25.7 Å². The molecule has 0 aliphatic heterocycles. The molecule has 1 aliphatic carbocycles. The van der Waals surface area contributed by atoms with Crippen molar-refractivity contribution in [3.05, 3.63) is 12.7 Å². The highest BCUT2D eigenvalue weighted by molar-refractivity contribution is 5.79. The lowest BCUT2D eigenvalue weighted by Crippen LogP contribution is -2.37. The molecule has 0 aromatic carbocycles. The Balaban J connectivity index is 2.47. The van der Waals surface area contributed by atoms with Crippen LogP contribution in [0.5, 0.6) is 0 Å². The van der Waals surface area contributed by atoms with Crippen LogP contribution >= 0.6 is 0 Å². The van der Waals surface area contributed by atoms with Crippen LogP contribution in [0.15, 0.2) is 12.7 Å². The predicted octanol–water partition coefficient (Wildman–Crippen LogP) is 1.18. The monoisotopic (exact) mass is 197 g/mol. The van der Waals surface area contributed by atoms with E-state index in [1.165, 1.54) is 0 Å². The van der Waals surface area contributed by atoms with Gasteiger partial charge in [0.2, 0.25) is 5.91 Å². The van der Waals surface area contributed by atoms with Gasteiger partial charge in [-0.25, -0.2) is 0 Å². The minimum atomic E-state index is 0.0340. The predicted molar refractivity (Wildman–Crippen MR) is 55.8 cm³/mol. The zero-order valence-electron chi connectivity index (χ0n) is 8.61. The lowest BCUT2D eigenvalue weighted by molar-refractivity contribution is -0.135. The average molecular weight is 197 g/mol. The van der Waals surface area contributed by atoms with E-state index in [1.807, 2.05) is 0 Å². The standard InChI is InChI=1S/C11H19NO2/c1-2-7-12(8-9-13)11(14)10-5-3-4-6-10/h2,10,13H,1,3-9H2. The first-order valence-corrected chi connectivity index (χ1v) is 5.30. The average Bonchev–Trinajstić information content (AvgIpc) is 2.69. The second-order valence-corrected chi connectivity index (χ2v) is 3.78. The Morgan fingerprint density at radius 1 is 1.50 bits per heavy atom. The highest BCUT2D eigenvalue weighted by atomic mass is 16.3. The maximum Gasteiger partial charge on any atom is 0.226 e. The largest absolute Gasteiger partial charge is 0.395 e. The van der Waals surface area contributed by atoms with Gasteiger partial charge in [-0.05, 0) is 12.8 Å². The lowest BCUT2D eigenvalue weighted by Gasteiger charge is -2.23. The van der Waals surface area contributed by atoms with Gasteiger partial charge in [-0.1, -0.05) is 18.9 Å². The quantitative estimate of drug-likeness (QED) is 0.672. The molecule has 0 atom stereocenters. The molecule has 3 heteroatoms. The molecule has 0 radical (unpaired) electrons. The van der Waals surface area contributed by atoms with Crippen molar-refractivity contribution in [1.29, 1.82) is 0 Å². The molecule has 1 saturated carbocycles. The highest BCUT2D eigenvalue weighted by Gasteiger charge is 2.26. The van der Waals surface area contributed by atoms with Gasteiger partial charge in [0, 0.05) is 19.0 Å². The fourth-order valence-electron chi connectivity index (χ4n) is 2.00. The Morgan fingerprint density at radius 2 is 2.14 bits per heavy atom. The highest BCUT2D eigenvalue weighted by Crippen LogP contribution is 2.26. The number of rotatable bonds is 5. The molecule has 1 aliphatic rings. The topological polar surface area (TPSA) is 40.5 Å². The molecule has 0 unspecified atom stereocenters. The number of carbonyl (C=O) groups excluding carboxylic acids is 1. The third-order valence-corrected chi connectivity index (χ3v) is 2.74. The maximum atomic E-state index is 11.9. The molecule has 1 fully saturated rings. The third-order valence-electron chi connectivity index (χ3n) is 2.74. The first-order chi connectivity index (χ1) is 6.79. The summed E-state index contributed by atoms with van der Waals surface area (Å²) in [6.07, 6.45) is 6.06. The van der Waals surface area contributed by atoms with Crippen molar-refractivity contribution in [3.63, 3.8) is 0 Å². The van der Waals surface area contributed by atoms with Crippen molar-refractivity contribution in [2.45, 2.75) is 25.7 Å². The maximum absolute atomic E-state index is 11.9. The summed E-state index contributed by atoms with van der Waals surface area (Å²) in [5.74, 6) is 0.387. The van der Waals surface area contributed by atoms with Gasteiger partial charge >= 0.3 is 0 Å². The van der Waals surface area contributed by atoms with Crippen LogP contribution in [0.25, 0.3) is 0 Å². The van der Waals surface area contributed by atoms with E-state index in [4.69, 9.17) is 5.11 Å². The molecular formula is C11H19NO2. The van der Waals surface area contributed by atoms with Crippen LogP contribution < -0.4 is 0 Å².